The maximum atomic E-state index is 12.1. The molecule has 1 aromatic heterocycles. The number of hydrogen-bond acceptors (Lipinski definition) is 8. The van der Waals surface area contributed by atoms with E-state index >= 15 is 0 Å². The second-order valence-corrected chi connectivity index (χ2v) is 10.1. The first-order chi connectivity index (χ1) is 15.3. The Bertz CT molecular complexity index is 1170. The van der Waals surface area contributed by atoms with Gasteiger partial charge in [-0.2, -0.15) is 4.98 Å². The van der Waals surface area contributed by atoms with E-state index in [1.807, 2.05) is 19.9 Å². The zero-order valence-electron chi connectivity index (χ0n) is 18.2. The Balaban J connectivity index is 1.56. The quantitative estimate of drug-likeness (QED) is 0.511. The van der Waals surface area contributed by atoms with Crippen LogP contribution in [0.15, 0.2) is 39.9 Å². The van der Waals surface area contributed by atoms with Crippen LogP contribution in [0.1, 0.15) is 45.4 Å². The van der Waals surface area contributed by atoms with Gasteiger partial charge in [0, 0.05) is 17.2 Å². The van der Waals surface area contributed by atoms with Crippen LogP contribution in [-0.4, -0.2) is 48.2 Å². The third kappa shape index (κ3) is 4.72. The van der Waals surface area contributed by atoms with Crippen molar-refractivity contribution in [3.8, 4) is 17.2 Å². The normalized spacial score (nSPS) is 18.8. The molecule has 1 aromatic carbocycles. The summed E-state index contributed by atoms with van der Waals surface area (Å²) in [4.78, 5) is 4.58. The van der Waals surface area contributed by atoms with Crippen molar-refractivity contribution >= 4 is 21.3 Å². The van der Waals surface area contributed by atoms with Gasteiger partial charge < -0.3 is 20.1 Å². The highest BCUT2D eigenvalue weighted by Gasteiger charge is 2.33. The van der Waals surface area contributed by atoms with E-state index in [9.17, 15) is 8.42 Å². The number of nitrogens with one attached hydrogen (secondary N) is 1. The predicted octanol–water partition coefficient (Wildman–Crippen LogP) is 2.65. The molecular weight excluding hydrogens is 432 g/mol. The zero-order valence-corrected chi connectivity index (χ0v) is 19.0. The highest BCUT2D eigenvalue weighted by molar-refractivity contribution is 7.89. The van der Waals surface area contributed by atoms with Crippen molar-refractivity contribution in [2.45, 2.75) is 51.7 Å². The number of allylic oxidation sites excluding steroid dienone is 3. The van der Waals surface area contributed by atoms with Gasteiger partial charge in [0.15, 0.2) is 0 Å². The van der Waals surface area contributed by atoms with Crippen molar-refractivity contribution < 1.29 is 22.8 Å². The van der Waals surface area contributed by atoms with Crippen molar-refractivity contribution in [1.82, 2.24) is 14.9 Å². The molecule has 2 aliphatic rings. The maximum Gasteiger partial charge on any atom is 0.258 e. The van der Waals surface area contributed by atoms with Gasteiger partial charge in [0.2, 0.25) is 15.8 Å². The smallest absolute Gasteiger partial charge is 0.258 e. The molecule has 4 N–H and O–H groups in total. The summed E-state index contributed by atoms with van der Waals surface area (Å²) in [7, 11) is -3.52. The molecule has 10 heteroatoms. The van der Waals surface area contributed by atoms with Crippen LogP contribution in [0.5, 0.6) is 5.75 Å². The van der Waals surface area contributed by atoms with E-state index in [2.05, 4.69) is 20.9 Å². The van der Waals surface area contributed by atoms with E-state index in [0.717, 1.165) is 36.0 Å². The van der Waals surface area contributed by atoms with E-state index in [0.29, 0.717) is 35.1 Å². The van der Waals surface area contributed by atoms with Gasteiger partial charge >= 0.3 is 0 Å². The summed E-state index contributed by atoms with van der Waals surface area (Å²) in [5.41, 5.74) is 10.3. The molecule has 4 rings (SSSR count). The largest absolute Gasteiger partial charge is 0.489 e. The van der Waals surface area contributed by atoms with Crippen LogP contribution in [0, 0.1) is 0 Å². The first-order valence-electron chi connectivity index (χ1n) is 10.7. The first-order valence-corrected chi connectivity index (χ1v) is 12.4. The Morgan fingerprint density at radius 3 is 2.88 bits per heavy atom. The van der Waals surface area contributed by atoms with Gasteiger partial charge in [-0.05, 0) is 68.9 Å². The van der Waals surface area contributed by atoms with E-state index in [1.54, 1.807) is 12.1 Å². The molecule has 0 bridgehead atoms. The number of aliphatic hydroxyl groups is 1. The monoisotopic (exact) mass is 460 g/mol. The lowest BCUT2D eigenvalue weighted by Gasteiger charge is -2.20. The van der Waals surface area contributed by atoms with Crippen molar-refractivity contribution in [2.75, 3.05) is 18.1 Å². The fourth-order valence-corrected chi connectivity index (χ4v) is 5.26. The number of nitrogens with zero attached hydrogens (tertiary/aromatic N) is 2. The molecule has 0 unspecified atom stereocenters. The Morgan fingerprint density at radius 1 is 1.34 bits per heavy atom. The summed E-state index contributed by atoms with van der Waals surface area (Å²) in [5, 5.41) is 13.2. The summed E-state index contributed by atoms with van der Waals surface area (Å²) < 4.78 is 38.1. The Kier molecular flexibility index (Phi) is 6.36. The van der Waals surface area contributed by atoms with Crippen LogP contribution < -0.4 is 15.2 Å². The number of nitrogen functional groups attached to an aromatic ring is 1. The molecule has 172 valence electrons. The molecule has 2 aliphatic carbocycles. The van der Waals surface area contributed by atoms with Gasteiger partial charge in [0.1, 0.15) is 5.75 Å². The second-order valence-electron chi connectivity index (χ2n) is 8.25. The van der Waals surface area contributed by atoms with Gasteiger partial charge in [-0.1, -0.05) is 11.2 Å². The Labute approximate surface area is 187 Å². The number of hydrogen-bond donors (Lipinski definition) is 3. The number of aromatic nitrogens is 2. The molecule has 2 aromatic rings. The minimum Gasteiger partial charge on any atom is -0.489 e. The third-order valence-corrected chi connectivity index (χ3v) is 6.91. The fourth-order valence-electron chi connectivity index (χ4n) is 4.21. The van der Waals surface area contributed by atoms with Crippen LogP contribution in [0.2, 0.25) is 0 Å². The van der Waals surface area contributed by atoms with E-state index in [-0.39, 0.29) is 17.9 Å². The minimum atomic E-state index is -3.52. The molecule has 1 atom stereocenters. The number of rotatable bonds is 8. The molecule has 0 saturated carbocycles. The topological polar surface area (TPSA) is 141 Å². The lowest BCUT2D eigenvalue weighted by atomic mass is 9.91. The van der Waals surface area contributed by atoms with Crippen LogP contribution in [0.25, 0.3) is 17.0 Å². The Morgan fingerprint density at radius 2 is 2.16 bits per heavy atom. The summed E-state index contributed by atoms with van der Waals surface area (Å²) in [6.45, 7) is 3.47. The van der Waals surface area contributed by atoms with Crippen molar-refractivity contribution in [1.29, 1.82) is 0 Å². The SMILES string of the molecule is CC(C)Oc1ccc(-c2nc(C3=CCCC4=C3CC[C@@H]4NS(=O)(=O)CCO)no2)cc1N. The molecule has 0 amide bonds. The molecule has 0 spiro atoms. The van der Waals surface area contributed by atoms with Crippen molar-refractivity contribution in [3.63, 3.8) is 0 Å². The number of aliphatic hydroxyl groups excluding tert-OH is 1. The van der Waals surface area contributed by atoms with E-state index < -0.39 is 16.6 Å². The van der Waals surface area contributed by atoms with Crippen molar-refractivity contribution in [2.24, 2.45) is 0 Å². The lowest BCUT2D eigenvalue weighted by molar-refractivity contribution is 0.244. The molecule has 9 nitrogen and oxygen atoms in total. The number of benzene rings is 1. The first kappa shape index (κ1) is 22.5. The highest BCUT2D eigenvalue weighted by atomic mass is 32.2. The van der Waals surface area contributed by atoms with Gasteiger partial charge in [0.05, 0.1) is 24.2 Å². The van der Waals surface area contributed by atoms with Gasteiger partial charge in [-0.25, -0.2) is 13.1 Å². The number of ether oxygens (including phenoxy) is 1. The molecule has 0 saturated heterocycles. The van der Waals surface area contributed by atoms with Crippen LogP contribution >= 0.6 is 0 Å². The summed E-state index contributed by atoms with van der Waals surface area (Å²) in [5.74, 6) is 1.14. The number of nitrogens with two attached hydrogens (primary N) is 1. The molecular formula is C22H28N4O5S. The van der Waals surface area contributed by atoms with Crippen LogP contribution in [-0.2, 0) is 10.0 Å². The molecule has 32 heavy (non-hydrogen) atoms. The van der Waals surface area contributed by atoms with Crippen LogP contribution in [0.4, 0.5) is 5.69 Å². The lowest BCUT2D eigenvalue weighted by Crippen LogP contribution is -2.37. The number of sulfonamides is 1. The Hall–Kier alpha value is -2.69. The summed E-state index contributed by atoms with van der Waals surface area (Å²) in [6, 6.07) is 5.10. The van der Waals surface area contributed by atoms with Gasteiger partial charge in [0.25, 0.3) is 5.89 Å². The number of anilines is 1. The molecule has 0 radical (unpaired) electrons. The van der Waals surface area contributed by atoms with Gasteiger partial charge in [-0.15, -0.1) is 0 Å². The average Bonchev–Trinajstić information content (AvgIpc) is 3.37. The van der Waals surface area contributed by atoms with Crippen LogP contribution in [0.3, 0.4) is 0 Å². The van der Waals surface area contributed by atoms with Crippen molar-refractivity contribution in [3.05, 3.63) is 41.2 Å². The summed E-state index contributed by atoms with van der Waals surface area (Å²) in [6.07, 6.45) is 5.04. The summed E-state index contributed by atoms with van der Waals surface area (Å²) >= 11 is 0. The minimum absolute atomic E-state index is 0.0159. The second kappa shape index (κ2) is 9.05. The standard InChI is InChI=1S/C22H28N4O5S/c1-13(2)30-20-9-6-14(12-18(20)23)22-24-21(25-31-22)17-5-3-4-16-15(17)7-8-19(16)26-32(28,29)11-10-27/h5-6,9,12-13,19,26-27H,3-4,7-8,10-11,23H2,1-2H3/t19-/m0/s1. The molecule has 0 fully saturated rings. The average molecular weight is 461 g/mol. The third-order valence-electron chi connectivity index (χ3n) is 5.55. The molecule has 0 aliphatic heterocycles. The molecule has 1 heterocycles. The highest BCUT2D eigenvalue weighted by Crippen LogP contribution is 2.42. The van der Waals surface area contributed by atoms with E-state index in [1.165, 1.54) is 0 Å². The maximum absolute atomic E-state index is 12.1. The zero-order chi connectivity index (χ0) is 22.9. The predicted molar refractivity (Wildman–Crippen MR) is 121 cm³/mol. The van der Waals surface area contributed by atoms with E-state index in [4.69, 9.17) is 20.1 Å². The fraction of sp³-hybridized carbons (Fsp3) is 0.455. The van der Waals surface area contributed by atoms with Gasteiger partial charge in [-0.3, -0.25) is 0 Å².